The van der Waals surface area contributed by atoms with Crippen LogP contribution in [-0.4, -0.2) is 154 Å². The van der Waals surface area contributed by atoms with Crippen LogP contribution >= 0.6 is 0 Å². The van der Waals surface area contributed by atoms with Crippen molar-refractivity contribution in [2.24, 2.45) is 16.7 Å². The number of phenols is 1. The predicted molar refractivity (Wildman–Crippen MR) is 274 cm³/mol. The second kappa shape index (κ2) is 18.7. The van der Waals surface area contributed by atoms with E-state index in [-0.39, 0.29) is 65.7 Å². The zero-order valence-electron chi connectivity index (χ0n) is 42.0. The molecule has 5 aromatic rings. The van der Waals surface area contributed by atoms with E-state index in [4.69, 9.17) is 19.4 Å². The molecular weight excluding hydrogens is 930 g/mol. The monoisotopic (exact) mass is 996 g/mol. The third-order valence-electron chi connectivity index (χ3n) is 17.2. The van der Waals surface area contributed by atoms with Gasteiger partial charge < -0.3 is 39.3 Å². The number of ether oxygens (including phenoxy) is 2. The summed E-state index contributed by atoms with van der Waals surface area (Å²) in [6.07, 6.45) is 10.00. The fourth-order valence-electron chi connectivity index (χ4n) is 13.1. The highest BCUT2D eigenvalue weighted by Crippen LogP contribution is 2.54. The maximum atomic E-state index is 17.2. The van der Waals surface area contributed by atoms with Crippen LogP contribution < -0.4 is 19.9 Å². The molecule has 6 fully saturated rings. The Balaban J connectivity index is 0.660. The molecule has 73 heavy (non-hydrogen) atoms. The van der Waals surface area contributed by atoms with Crippen molar-refractivity contribution < 1.29 is 38.5 Å². The molecule has 5 aliphatic heterocycles. The van der Waals surface area contributed by atoms with E-state index < -0.39 is 17.5 Å². The Morgan fingerprint density at radius 1 is 0.918 bits per heavy atom. The van der Waals surface area contributed by atoms with Crippen LogP contribution in [0.1, 0.15) is 86.7 Å². The molecule has 1 spiro atoms. The van der Waals surface area contributed by atoms with Crippen molar-refractivity contribution in [3.05, 3.63) is 77.2 Å². The summed E-state index contributed by atoms with van der Waals surface area (Å²) < 4.78 is 29.5. The molecule has 2 atom stereocenters. The van der Waals surface area contributed by atoms with E-state index in [9.17, 15) is 24.6 Å². The lowest BCUT2D eigenvalue weighted by Crippen LogP contribution is -2.53. The van der Waals surface area contributed by atoms with Crippen LogP contribution in [0.3, 0.4) is 0 Å². The Hall–Kier alpha value is -6.01. The first-order valence-corrected chi connectivity index (χ1v) is 26.5. The first-order chi connectivity index (χ1) is 35.2. The number of anilines is 2. The Labute approximate surface area is 424 Å². The molecule has 0 unspecified atom stereocenters. The maximum Gasteiger partial charge on any atom is 0.319 e. The molecule has 16 nitrogen and oxygen atoms in total. The highest BCUT2D eigenvalue weighted by Gasteiger charge is 2.50. The lowest BCUT2D eigenvalue weighted by Gasteiger charge is -2.54. The van der Waals surface area contributed by atoms with E-state index in [0.29, 0.717) is 60.5 Å². The van der Waals surface area contributed by atoms with Crippen LogP contribution in [0.25, 0.3) is 32.9 Å². The Morgan fingerprint density at radius 2 is 1.73 bits per heavy atom. The Bertz CT molecular complexity index is 3000. The van der Waals surface area contributed by atoms with Crippen molar-refractivity contribution >= 4 is 50.9 Å². The average Bonchev–Trinajstić information content (AvgIpc) is 4.10. The highest BCUT2D eigenvalue weighted by atomic mass is 19.1. The maximum absolute atomic E-state index is 17.2. The molecule has 2 aromatic heterocycles. The molecule has 2 aliphatic carbocycles. The van der Waals surface area contributed by atoms with Crippen molar-refractivity contribution in [1.82, 2.24) is 35.0 Å². The summed E-state index contributed by atoms with van der Waals surface area (Å²) in [7, 11) is 0. The average molecular weight is 996 g/mol. The number of hydrogen-bond acceptors (Lipinski definition) is 14. The number of rotatable bonds is 12. The number of halogens is 1. The van der Waals surface area contributed by atoms with Gasteiger partial charge in [-0.05, 0) is 135 Å². The number of aryl methyl sites for hydroxylation is 1. The number of phenolic OH excluding ortho intramolecular Hbond substituents is 1. The molecule has 3 aromatic carbocycles. The molecule has 0 radical (unpaired) electrons. The zero-order chi connectivity index (χ0) is 50.2. The van der Waals surface area contributed by atoms with Gasteiger partial charge in [0.15, 0.2) is 5.82 Å². The van der Waals surface area contributed by atoms with Crippen molar-refractivity contribution in [3.8, 4) is 23.0 Å². The normalized spacial score (nSPS) is 24.5. The molecule has 3 N–H and O–H groups in total. The largest absolute Gasteiger partial charge is 0.508 e. The van der Waals surface area contributed by atoms with Crippen LogP contribution in [0.4, 0.5) is 15.9 Å². The van der Waals surface area contributed by atoms with E-state index in [1.807, 2.05) is 35.2 Å². The van der Waals surface area contributed by atoms with Crippen LogP contribution in [0.15, 0.2) is 54.7 Å². The quantitative estimate of drug-likeness (QED) is 0.123. The number of carbonyl (C=O) groups is 3. The number of nitrogens with one attached hydrogen (secondary N) is 1. The van der Waals surface area contributed by atoms with Crippen molar-refractivity contribution in [1.29, 1.82) is 0 Å². The summed E-state index contributed by atoms with van der Waals surface area (Å²) in [5, 5.41) is 26.4. The number of benzene rings is 3. The van der Waals surface area contributed by atoms with Crippen molar-refractivity contribution in [2.45, 2.75) is 89.8 Å². The molecular formula is C56H66FN9O7. The molecule has 2 saturated carbocycles. The predicted octanol–water partition coefficient (Wildman–Crippen LogP) is 6.07. The van der Waals surface area contributed by atoms with Crippen molar-refractivity contribution in [3.63, 3.8) is 0 Å². The summed E-state index contributed by atoms with van der Waals surface area (Å²) in [5.41, 5.74) is 3.62. The summed E-state index contributed by atoms with van der Waals surface area (Å²) >= 11 is 0. The van der Waals surface area contributed by atoms with E-state index in [1.165, 1.54) is 25.7 Å². The van der Waals surface area contributed by atoms with Gasteiger partial charge in [0.25, 0.3) is 5.91 Å². The van der Waals surface area contributed by atoms with Gasteiger partial charge in [0.1, 0.15) is 34.4 Å². The number of likely N-dealkylation sites (tertiary alicyclic amines) is 1. The second-order valence-electron chi connectivity index (χ2n) is 22.7. The van der Waals surface area contributed by atoms with Crippen LogP contribution in [0.2, 0.25) is 0 Å². The second-order valence-corrected chi connectivity index (χ2v) is 22.7. The molecule has 3 amide bonds. The van der Waals surface area contributed by atoms with Gasteiger partial charge in [0.05, 0.1) is 31.8 Å². The van der Waals surface area contributed by atoms with Gasteiger partial charge >= 0.3 is 6.01 Å². The molecule has 17 heteroatoms. The number of fused-ring (bicyclic) bond motifs is 3. The summed E-state index contributed by atoms with van der Waals surface area (Å²) in [6, 6.07) is 14.7. The number of amides is 3. The van der Waals surface area contributed by atoms with Gasteiger partial charge in [0.2, 0.25) is 11.8 Å². The van der Waals surface area contributed by atoms with Crippen LogP contribution in [0, 0.1) is 22.6 Å². The van der Waals surface area contributed by atoms with Gasteiger partial charge in [-0.25, -0.2) is 4.39 Å². The minimum atomic E-state index is -1.16. The third kappa shape index (κ3) is 9.35. The fraction of sp³-hybridized carbons (Fsp3) is 0.536. The number of β-amino-alcohol motifs (C(OH)–C–C–N with tert-alkyl or cyclic N) is 1. The number of aromatic hydroxyl groups is 1. The number of nitrogens with zero attached hydrogens (tertiary/aromatic N) is 8. The van der Waals surface area contributed by atoms with Crippen LogP contribution in [0.5, 0.6) is 11.8 Å². The summed E-state index contributed by atoms with van der Waals surface area (Å²) in [5.74, 6) is -0.251. The number of piperazine rings is 1. The Kier molecular flexibility index (Phi) is 12.3. The number of piperidine rings is 2. The highest BCUT2D eigenvalue weighted by molar-refractivity contribution is 6.06. The van der Waals surface area contributed by atoms with Crippen molar-refractivity contribution in [2.75, 3.05) is 95.1 Å². The third-order valence-corrected chi connectivity index (χ3v) is 17.2. The standard InChI is InChI=1S/C56H66FN9O7/c1-3-36-5-4-6-37-24-40(67)25-42(46(36)37)48-47(57)49-43(28-58-48)50(65-21-22-72-33-54(2,71)31-65)61-53(60-49)73-34-56(11-12-56)32-63-15-13-55(14-16-63)26-35(27-55)29-62-17-19-64(20-18-62)39-7-8-41-38(23-39)30-66(52(41)70)44-9-10-45(68)59-51(44)69/h4-8,23-25,28,35,44,67,71H,3,9-22,26-27,29-34H2,1-2H3,(H,59,68,69)/t44-,54-/m0/s1. The van der Waals surface area contributed by atoms with Gasteiger partial charge in [-0.3, -0.25) is 29.6 Å². The lowest BCUT2D eigenvalue weighted by molar-refractivity contribution is -0.136. The first-order valence-electron chi connectivity index (χ1n) is 26.5. The smallest absolute Gasteiger partial charge is 0.319 e. The van der Waals surface area contributed by atoms with Gasteiger partial charge in [0, 0.05) is 87.2 Å². The topological polar surface area (TPSA) is 177 Å². The molecule has 4 saturated heterocycles. The van der Waals surface area contributed by atoms with Gasteiger partial charge in [-0.15, -0.1) is 0 Å². The first kappa shape index (κ1) is 48.0. The number of hydrogen-bond donors (Lipinski definition) is 3. The summed E-state index contributed by atoms with van der Waals surface area (Å²) in [6.45, 7) is 13.9. The molecule has 384 valence electrons. The van der Waals surface area contributed by atoms with E-state index in [1.54, 1.807) is 30.2 Å². The minimum Gasteiger partial charge on any atom is -0.508 e. The lowest BCUT2D eigenvalue weighted by atomic mass is 9.57. The number of aliphatic hydroxyl groups is 1. The summed E-state index contributed by atoms with van der Waals surface area (Å²) in [4.78, 5) is 63.0. The molecule has 7 heterocycles. The van der Waals surface area contributed by atoms with Crippen LogP contribution in [-0.2, 0) is 27.3 Å². The van der Waals surface area contributed by atoms with Gasteiger partial charge in [-0.1, -0.05) is 25.1 Å². The van der Waals surface area contributed by atoms with Gasteiger partial charge in [-0.2, -0.15) is 9.97 Å². The number of carbonyl (C=O) groups excluding carboxylic acids is 3. The van der Waals surface area contributed by atoms with E-state index in [2.05, 4.69) is 38.0 Å². The fourth-order valence-corrected chi connectivity index (χ4v) is 13.1. The molecule has 12 rings (SSSR count). The van der Waals surface area contributed by atoms with E-state index in [0.717, 1.165) is 105 Å². The SMILES string of the molecule is CCc1cccc2cc(O)cc(-c3ncc4c(N5CCOC[C@@](C)(O)C5)nc(OCC5(CN6CCC7(CC6)CC(CN6CCN(c8ccc9c(c8)CN([C@H]8CCC(=O)NC8=O)C9=O)CC6)C7)CC5)nc4c3F)c12. The van der Waals surface area contributed by atoms with E-state index >= 15 is 4.39 Å². The molecule has 7 aliphatic rings. The number of imide groups is 1. The zero-order valence-corrected chi connectivity index (χ0v) is 42.0. The molecule has 0 bridgehead atoms. The number of aromatic nitrogens is 3. The Morgan fingerprint density at radius 3 is 2.49 bits per heavy atom. The number of pyridine rings is 1. The minimum absolute atomic E-state index is 0.0217.